The predicted molar refractivity (Wildman–Crippen MR) is 125 cm³/mol. The van der Waals surface area contributed by atoms with Gasteiger partial charge in [0.15, 0.2) is 5.82 Å². The van der Waals surface area contributed by atoms with E-state index >= 15 is 4.39 Å². The first-order valence-electron chi connectivity index (χ1n) is 11.9. The lowest BCUT2D eigenvalue weighted by Gasteiger charge is -2.40. The second kappa shape index (κ2) is 9.87. The lowest BCUT2D eigenvalue weighted by molar-refractivity contribution is 0.190. The number of halogens is 1. The maximum Gasteiger partial charge on any atom is 0.173 e. The Morgan fingerprint density at radius 2 is 1.67 bits per heavy atom. The van der Waals surface area contributed by atoms with Crippen LogP contribution in [0.5, 0.6) is 5.75 Å². The number of hydrogen-bond donors (Lipinski definition) is 0. The van der Waals surface area contributed by atoms with Gasteiger partial charge in [-0.25, -0.2) is 9.07 Å². The maximum absolute atomic E-state index is 15.0. The van der Waals surface area contributed by atoms with Gasteiger partial charge in [0.25, 0.3) is 0 Å². The molecule has 0 bridgehead atoms. The largest absolute Gasteiger partial charge is 0.497 e. The molecule has 1 atom stereocenters. The third-order valence-corrected chi connectivity index (χ3v) is 7.00. The van der Waals surface area contributed by atoms with Crippen molar-refractivity contribution in [3.05, 3.63) is 65.7 Å². The normalized spacial score (nSPS) is 18.9. The zero-order valence-corrected chi connectivity index (χ0v) is 19.1. The number of rotatable bonds is 6. The summed E-state index contributed by atoms with van der Waals surface area (Å²) in [6, 6.07) is 15.2. The molecule has 1 saturated carbocycles. The number of piperazine rings is 1. The van der Waals surface area contributed by atoms with Crippen LogP contribution in [0.25, 0.3) is 0 Å². The molecular weight excluding hydrogens is 419 g/mol. The van der Waals surface area contributed by atoms with Crippen molar-refractivity contribution in [2.24, 2.45) is 0 Å². The van der Waals surface area contributed by atoms with Crippen molar-refractivity contribution in [1.82, 2.24) is 25.1 Å². The maximum atomic E-state index is 15.0. The first-order chi connectivity index (χ1) is 16.2. The molecule has 0 radical (unpaired) electrons. The second-order valence-corrected chi connectivity index (χ2v) is 8.92. The Bertz CT molecular complexity index is 1040. The van der Waals surface area contributed by atoms with Crippen molar-refractivity contribution >= 4 is 5.69 Å². The molecule has 1 saturated heterocycles. The molecule has 2 aromatic carbocycles. The highest BCUT2D eigenvalue weighted by Gasteiger charge is 2.34. The van der Waals surface area contributed by atoms with Crippen LogP contribution in [0.3, 0.4) is 0 Å². The third-order valence-electron chi connectivity index (χ3n) is 7.00. The van der Waals surface area contributed by atoms with Gasteiger partial charge in [0.1, 0.15) is 17.6 Å². The van der Waals surface area contributed by atoms with Crippen LogP contribution in [0.2, 0.25) is 0 Å². The van der Waals surface area contributed by atoms with Crippen LogP contribution in [-0.4, -0.2) is 58.4 Å². The summed E-state index contributed by atoms with van der Waals surface area (Å²) in [4.78, 5) is 4.68. The average molecular weight is 451 g/mol. The van der Waals surface area contributed by atoms with Crippen LogP contribution in [0.1, 0.15) is 55.6 Å². The quantitative estimate of drug-likeness (QED) is 0.560. The molecule has 1 aliphatic carbocycles. The van der Waals surface area contributed by atoms with Gasteiger partial charge in [-0.2, -0.15) is 0 Å². The molecule has 2 aliphatic rings. The van der Waals surface area contributed by atoms with Crippen LogP contribution in [0.15, 0.2) is 48.5 Å². The molecule has 0 unspecified atom stereocenters. The summed E-state index contributed by atoms with van der Waals surface area (Å²) in [7, 11) is 1.68. The SMILES string of the molecule is COc1ccc(N2CCN([C@H](c3ccccc3F)c3nnnn3C3CCCCC3)CC2)cc1. The van der Waals surface area contributed by atoms with Gasteiger partial charge in [0, 0.05) is 37.4 Å². The number of tetrazole rings is 1. The van der Waals surface area contributed by atoms with E-state index in [4.69, 9.17) is 4.74 Å². The topological polar surface area (TPSA) is 59.3 Å². The van der Waals surface area contributed by atoms with Gasteiger partial charge in [-0.3, -0.25) is 4.90 Å². The van der Waals surface area contributed by atoms with E-state index < -0.39 is 0 Å². The predicted octanol–water partition coefficient (Wildman–Crippen LogP) is 4.24. The van der Waals surface area contributed by atoms with E-state index in [2.05, 4.69) is 37.5 Å². The Morgan fingerprint density at radius 3 is 2.36 bits per heavy atom. The van der Waals surface area contributed by atoms with Gasteiger partial charge in [0.2, 0.25) is 0 Å². The van der Waals surface area contributed by atoms with Gasteiger partial charge in [-0.15, -0.1) is 5.10 Å². The van der Waals surface area contributed by atoms with E-state index in [-0.39, 0.29) is 11.9 Å². The molecule has 7 nitrogen and oxygen atoms in total. The fourth-order valence-corrected chi connectivity index (χ4v) is 5.19. The Labute approximate surface area is 194 Å². The molecule has 0 N–H and O–H groups in total. The lowest BCUT2D eigenvalue weighted by atomic mass is 9.95. The Balaban J connectivity index is 1.41. The van der Waals surface area contributed by atoms with E-state index in [0.29, 0.717) is 11.6 Å². The molecule has 0 spiro atoms. The van der Waals surface area contributed by atoms with Crippen molar-refractivity contribution in [1.29, 1.82) is 0 Å². The molecule has 1 aliphatic heterocycles. The lowest BCUT2D eigenvalue weighted by Crippen LogP contribution is -2.48. The molecule has 3 aromatic rings. The van der Waals surface area contributed by atoms with Crippen LogP contribution >= 0.6 is 0 Å². The number of methoxy groups -OCH3 is 1. The van der Waals surface area contributed by atoms with Crippen LogP contribution in [0, 0.1) is 5.82 Å². The van der Waals surface area contributed by atoms with Crippen molar-refractivity contribution in [3.8, 4) is 5.75 Å². The second-order valence-electron chi connectivity index (χ2n) is 8.92. The van der Waals surface area contributed by atoms with Crippen molar-refractivity contribution in [2.45, 2.75) is 44.2 Å². The van der Waals surface area contributed by atoms with E-state index in [1.54, 1.807) is 13.2 Å². The molecule has 5 rings (SSSR count). The van der Waals surface area contributed by atoms with Gasteiger partial charge in [0.05, 0.1) is 13.2 Å². The zero-order valence-electron chi connectivity index (χ0n) is 19.1. The van der Waals surface area contributed by atoms with E-state index in [1.807, 2.05) is 28.9 Å². The van der Waals surface area contributed by atoms with Crippen LogP contribution < -0.4 is 9.64 Å². The zero-order chi connectivity index (χ0) is 22.6. The molecule has 33 heavy (non-hydrogen) atoms. The number of benzene rings is 2. The minimum atomic E-state index is -0.304. The summed E-state index contributed by atoms with van der Waals surface area (Å²) in [5, 5.41) is 12.9. The highest BCUT2D eigenvalue weighted by atomic mass is 19.1. The molecule has 1 aromatic heterocycles. The summed E-state index contributed by atoms with van der Waals surface area (Å²) >= 11 is 0. The standard InChI is InChI=1S/C25H31FN6O/c1-33-21-13-11-19(12-14-21)30-15-17-31(18-16-30)24(22-9-5-6-10-23(22)26)25-27-28-29-32(25)20-7-3-2-4-8-20/h5-6,9-14,20,24H,2-4,7-8,15-18H2,1H3/t24-/m1/s1. The fourth-order valence-electron chi connectivity index (χ4n) is 5.19. The van der Waals surface area contributed by atoms with Crippen molar-refractivity contribution < 1.29 is 9.13 Å². The first kappa shape index (κ1) is 21.8. The van der Waals surface area contributed by atoms with Gasteiger partial charge in [-0.05, 0) is 53.6 Å². The summed E-state index contributed by atoms with van der Waals surface area (Å²) in [5.74, 6) is 1.40. The number of hydrogen-bond acceptors (Lipinski definition) is 6. The van der Waals surface area contributed by atoms with E-state index in [9.17, 15) is 0 Å². The smallest absolute Gasteiger partial charge is 0.173 e. The summed E-state index contributed by atoms with van der Waals surface area (Å²) in [6.07, 6.45) is 5.79. The van der Waals surface area contributed by atoms with Crippen molar-refractivity contribution in [2.75, 3.05) is 38.2 Å². The van der Waals surface area contributed by atoms with Gasteiger partial charge < -0.3 is 9.64 Å². The number of ether oxygens (including phenoxy) is 1. The molecule has 0 amide bonds. The minimum Gasteiger partial charge on any atom is -0.497 e. The molecular formula is C25H31FN6O. The van der Waals surface area contributed by atoms with Crippen LogP contribution in [-0.2, 0) is 0 Å². The average Bonchev–Trinajstić information content (AvgIpc) is 3.36. The first-order valence-corrected chi connectivity index (χ1v) is 11.9. The number of anilines is 1. The van der Waals surface area contributed by atoms with Crippen molar-refractivity contribution in [3.63, 3.8) is 0 Å². The summed E-state index contributed by atoms with van der Waals surface area (Å²) < 4.78 is 22.3. The van der Waals surface area contributed by atoms with E-state index in [1.165, 1.54) is 31.0 Å². The molecule has 8 heteroatoms. The third kappa shape index (κ3) is 4.57. The number of aromatic nitrogens is 4. The summed E-state index contributed by atoms with van der Waals surface area (Å²) in [6.45, 7) is 3.29. The minimum absolute atomic E-state index is 0.210. The highest BCUT2D eigenvalue weighted by molar-refractivity contribution is 5.49. The highest BCUT2D eigenvalue weighted by Crippen LogP contribution is 2.35. The van der Waals surface area contributed by atoms with Crippen LogP contribution in [0.4, 0.5) is 10.1 Å². The number of nitrogens with zero attached hydrogens (tertiary/aromatic N) is 6. The fraction of sp³-hybridized carbons (Fsp3) is 0.480. The molecule has 2 heterocycles. The molecule has 174 valence electrons. The summed E-state index contributed by atoms with van der Waals surface area (Å²) in [5.41, 5.74) is 1.81. The molecule has 2 fully saturated rings. The van der Waals surface area contributed by atoms with E-state index in [0.717, 1.165) is 50.6 Å². The Morgan fingerprint density at radius 1 is 0.939 bits per heavy atom. The Hall–Kier alpha value is -3.00. The monoisotopic (exact) mass is 450 g/mol. The van der Waals surface area contributed by atoms with Gasteiger partial charge >= 0.3 is 0 Å². The Kier molecular flexibility index (Phi) is 6.53. The van der Waals surface area contributed by atoms with Gasteiger partial charge in [-0.1, -0.05) is 37.5 Å².